The van der Waals surface area contributed by atoms with Gasteiger partial charge in [-0.1, -0.05) is 44.9 Å². The van der Waals surface area contributed by atoms with Crippen molar-refractivity contribution in [1.82, 2.24) is 5.32 Å². The first kappa shape index (κ1) is 14.4. The first-order chi connectivity index (χ1) is 9.09. The lowest BCUT2D eigenvalue weighted by Gasteiger charge is -2.23. The van der Waals surface area contributed by atoms with Crippen molar-refractivity contribution in [2.75, 3.05) is 6.61 Å². The van der Waals surface area contributed by atoms with E-state index in [1.54, 1.807) is 0 Å². The van der Waals surface area contributed by atoms with Crippen LogP contribution in [-0.4, -0.2) is 23.4 Å². The van der Waals surface area contributed by atoms with Crippen molar-refractivity contribution >= 4 is 0 Å². The summed E-state index contributed by atoms with van der Waals surface area (Å²) in [5.74, 6) is 0.885. The third-order valence-electron chi connectivity index (χ3n) is 3.70. The maximum atomic E-state index is 10.3. The first-order valence-corrected chi connectivity index (χ1v) is 7.25. The van der Waals surface area contributed by atoms with Crippen molar-refractivity contribution < 1.29 is 9.84 Å². The highest BCUT2D eigenvalue weighted by molar-refractivity contribution is 5.33. The summed E-state index contributed by atoms with van der Waals surface area (Å²) >= 11 is 0. The molecule has 0 amide bonds. The van der Waals surface area contributed by atoms with E-state index >= 15 is 0 Å². The van der Waals surface area contributed by atoms with Crippen LogP contribution in [0.2, 0.25) is 0 Å². The van der Waals surface area contributed by atoms with Crippen molar-refractivity contribution in [3.05, 3.63) is 29.8 Å². The first-order valence-electron chi connectivity index (χ1n) is 7.25. The predicted molar refractivity (Wildman–Crippen MR) is 77.3 cm³/mol. The zero-order chi connectivity index (χ0) is 13.7. The van der Waals surface area contributed by atoms with Gasteiger partial charge in [0.05, 0.1) is 5.60 Å². The highest BCUT2D eigenvalue weighted by Crippen LogP contribution is 2.30. The third kappa shape index (κ3) is 4.22. The molecule has 1 aliphatic carbocycles. The monoisotopic (exact) mass is 263 g/mol. The van der Waals surface area contributed by atoms with Crippen LogP contribution in [0.1, 0.15) is 45.1 Å². The second kappa shape index (κ2) is 6.40. The molecular formula is C16H25NO2. The molecule has 0 unspecified atom stereocenters. The van der Waals surface area contributed by atoms with Gasteiger partial charge in [0, 0.05) is 18.2 Å². The second-order valence-corrected chi connectivity index (χ2v) is 5.86. The molecule has 3 nitrogen and oxygen atoms in total. The van der Waals surface area contributed by atoms with Crippen LogP contribution in [0.15, 0.2) is 24.3 Å². The predicted octanol–water partition coefficient (Wildman–Crippen LogP) is 2.87. The zero-order valence-electron chi connectivity index (χ0n) is 12.0. The minimum Gasteiger partial charge on any atom is -0.490 e. The van der Waals surface area contributed by atoms with Crippen LogP contribution in [0.5, 0.6) is 5.75 Å². The summed E-state index contributed by atoms with van der Waals surface area (Å²) in [6, 6.07) is 8.51. The molecule has 0 radical (unpaired) electrons. The number of hydrogen-bond donors (Lipinski definition) is 2. The van der Waals surface area contributed by atoms with Gasteiger partial charge in [0.2, 0.25) is 0 Å². The quantitative estimate of drug-likeness (QED) is 0.829. The number of nitrogens with one attached hydrogen (secondary N) is 1. The highest BCUT2D eigenvalue weighted by atomic mass is 16.5. The zero-order valence-corrected chi connectivity index (χ0v) is 12.0. The third-order valence-corrected chi connectivity index (χ3v) is 3.70. The van der Waals surface area contributed by atoms with E-state index in [-0.39, 0.29) is 0 Å². The second-order valence-electron chi connectivity index (χ2n) is 5.86. The Morgan fingerprint density at radius 1 is 1.26 bits per heavy atom. The Balaban J connectivity index is 1.95. The van der Waals surface area contributed by atoms with Gasteiger partial charge in [0.25, 0.3) is 0 Å². The SMILES string of the molecule is CC(C)NCc1ccccc1OCC1(O)CCCC1. The molecule has 19 heavy (non-hydrogen) atoms. The van der Waals surface area contributed by atoms with E-state index in [0.29, 0.717) is 12.6 Å². The lowest BCUT2D eigenvalue weighted by Crippen LogP contribution is -2.32. The Morgan fingerprint density at radius 3 is 2.63 bits per heavy atom. The van der Waals surface area contributed by atoms with E-state index in [2.05, 4.69) is 25.2 Å². The van der Waals surface area contributed by atoms with Gasteiger partial charge in [0.15, 0.2) is 0 Å². The summed E-state index contributed by atoms with van der Waals surface area (Å²) in [5, 5.41) is 13.7. The van der Waals surface area contributed by atoms with Gasteiger partial charge in [-0.2, -0.15) is 0 Å². The van der Waals surface area contributed by atoms with Gasteiger partial charge >= 0.3 is 0 Å². The Bertz CT molecular complexity index is 397. The molecule has 0 aromatic heterocycles. The molecule has 0 saturated heterocycles. The Kier molecular flexibility index (Phi) is 4.83. The van der Waals surface area contributed by atoms with E-state index in [1.165, 1.54) is 0 Å². The van der Waals surface area contributed by atoms with Gasteiger partial charge in [0.1, 0.15) is 12.4 Å². The molecule has 0 aliphatic heterocycles. The van der Waals surface area contributed by atoms with Crippen LogP contribution in [0.3, 0.4) is 0 Å². The molecule has 0 heterocycles. The normalized spacial score (nSPS) is 17.9. The van der Waals surface area contributed by atoms with Crippen LogP contribution < -0.4 is 10.1 Å². The molecule has 1 saturated carbocycles. The Labute approximate surface area is 116 Å². The van der Waals surface area contributed by atoms with Crippen LogP contribution in [0.25, 0.3) is 0 Å². The lowest BCUT2D eigenvalue weighted by molar-refractivity contribution is 0.00110. The Morgan fingerprint density at radius 2 is 1.95 bits per heavy atom. The van der Waals surface area contributed by atoms with E-state index in [9.17, 15) is 5.11 Å². The molecule has 2 rings (SSSR count). The van der Waals surface area contributed by atoms with Crippen molar-refractivity contribution in [2.24, 2.45) is 0 Å². The number of hydrogen-bond acceptors (Lipinski definition) is 3. The Hall–Kier alpha value is -1.06. The standard InChI is InChI=1S/C16H25NO2/c1-13(2)17-11-14-7-3-4-8-15(14)19-12-16(18)9-5-6-10-16/h3-4,7-8,13,17-18H,5-6,9-12H2,1-2H3. The average molecular weight is 263 g/mol. The molecule has 0 atom stereocenters. The van der Waals surface area contributed by atoms with Crippen LogP contribution >= 0.6 is 0 Å². The minimum absolute atomic E-state index is 0.408. The van der Waals surface area contributed by atoms with Crippen LogP contribution in [0.4, 0.5) is 0 Å². The fourth-order valence-electron chi connectivity index (χ4n) is 2.49. The van der Waals surface area contributed by atoms with Gasteiger partial charge in [-0.05, 0) is 18.9 Å². The molecule has 106 valence electrons. The number of aliphatic hydroxyl groups is 1. The van der Waals surface area contributed by atoms with Crippen molar-refractivity contribution in [1.29, 1.82) is 0 Å². The van der Waals surface area contributed by atoms with E-state index < -0.39 is 5.60 Å². The van der Waals surface area contributed by atoms with E-state index in [4.69, 9.17) is 4.74 Å². The summed E-state index contributed by atoms with van der Waals surface area (Å²) < 4.78 is 5.87. The summed E-state index contributed by atoms with van der Waals surface area (Å²) in [5.41, 5.74) is 0.538. The van der Waals surface area contributed by atoms with Crippen LogP contribution in [0, 0.1) is 0 Å². The van der Waals surface area contributed by atoms with Crippen molar-refractivity contribution in [2.45, 2.75) is 57.7 Å². The summed E-state index contributed by atoms with van der Waals surface area (Å²) in [6.07, 6.45) is 3.94. The number of para-hydroxylation sites is 1. The molecule has 1 fully saturated rings. The molecule has 1 aliphatic rings. The fourth-order valence-corrected chi connectivity index (χ4v) is 2.49. The highest BCUT2D eigenvalue weighted by Gasteiger charge is 2.32. The summed E-state index contributed by atoms with van der Waals surface area (Å²) in [6.45, 7) is 5.47. The van der Waals surface area contributed by atoms with Crippen LogP contribution in [-0.2, 0) is 6.54 Å². The summed E-state index contributed by atoms with van der Waals surface area (Å²) in [4.78, 5) is 0. The van der Waals surface area contributed by atoms with Gasteiger partial charge < -0.3 is 15.2 Å². The number of ether oxygens (including phenoxy) is 1. The molecule has 3 heteroatoms. The van der Waals surface area contributed by atoms with Gasteiger partial charge in [-0.3, -0.25) is 0 Å². The topological polar surface area (TPSA) is 41.5 Å². The molecule has 1 aromatic carbocycles. The maximum Gasteiger partial charge on any atom is 0.123 e. The van der Waals surface area contributed by atoms with E-state index in [0.717, 1.165) is 43.5 Å². The largest absolute Gasteiger partial charge is 0.490 e. The smallest absolute Gasteiger partial charge is 0.123 e. The van der Waals surface area contributed by atoms with E-state index in [1.807, 2.05) is 18.2 Å². The van der Waals surface area contributed by atoms with Gasteiger partial charge in [-0.15, -0.1) is 0 Å². The molecular weight excluding hydrogens is 238 g/mol. The van der Waals surface area contributed by atoms with Crippen molar-refractivity contribution in [3.8, 4) is 5.75 Å². The molecule has 1 aromatic rings. The lowest BCUT2D eigenvalue weighted by atomic mass is 10.0. The maximum absolute atomic E-state index is 10.3. The summed E-state index contributed by atoms with van der Waals surface area (Å²) in [7, 11) is 0. The van der Waals surface area contributed by atoms with Crippen molar-refractivity contribution in [3.63, 3.8) is 0 Å². The number of benzene rings is 1. The van der Waals surface area contributed by atoms with Gasteiger partial charge in [-0.25, -0.2) is 0 Å². The molecule has 2 N–H and O–H groups in total. The fraction of sp³-hybridized carbons (Fsp3) is 0.625. The average Bonchev–Trinajstić information content (AvgIpc) is 2.82. The minimum atomic E-state index is -0.613. The number of rotatable bonds is 6. The molecule has 0 bridgehead atoms. The molecule has 0 spiro atoms.